The van der Waals surface area contributed by atoms with Gasteiger partial charge in [0.05, 0.1) is 0 Å². The van der Waals surface area contributed by atoms with Crippen LogP contribution in [-0.2, 0) is 0 Å². The average Bonchev–Trinajstić information content (AvgIpc) is 2.60. The van der Waals surface area contributed by atoms with Crippen molar-refractivity contribution in [3.63, 3.8) is 0 Å². The Labute approximate surface area is 154 Å². The summed E-state index contributed by atoms with van der Waals surface area (Å²) in [7, 11) is 0. The van der Waals surface area contributed by atoms with Crippen molar-refractivity contribution in [3.05, 3.63) is 12.2 Å². The van der Waals surface area contributed by atoms with Gasteiger partial charge in [-0.3, -0.25) is 0 Å². The molecule has 0 heterocycles. The van der Waals surface area contributed by atoms with E-state index < -0.39 is 0 Å². The van der Waals surface area contributed by atoms with Gasteiger partial charge in [0.15, 0.2) is 0 Å². The Morgan fingerprint density at radius 2 is 1.04 bits per heavy atom. The molecule has 0 saturated carbocycles. The monoisotopic (exact) mass is 336 g/mol. The summed E-state index contributed by atoms with van der Waals surface area (Å²) in [4.78, 5) is 0. The first kappa shape index (κ1) is 23.7. The molecule has 0 saturated heterocycles. The summed E-state index contributed by atoms with van der Waals surface area (Å²) in [6.45, 7) is 6.82. The zero-order valence-corrected chi connectivity index (χ0v) is 17.5. The molecule has 0 aliphatic rings. The fraction of sp³-hybridized carbons (Fsp3) is 0.917. The molecule has 144 valence electrons. The molecule has 0 aromatic carbocycles. The molecule has 0 bridgehead atoms. The number of hydrogen-bond acceptors (Lipinski definition) is 0. The van der Waals surface area contributed by atoms with Gasteiger partial charge in [-0.25, -0.2) is 0 Å². The highest BCUT2D eigenvalue weighted by Gasteiger charge is 2.05. The van der Waals surface area contributed by atoms with Gasteiger partial charge < -0.3 is 0 Å². The minimum Gasteiger partial charge on any atom is -0.0917 e. The average molecular weight is 337 g/mol. The maximum absolute atomic E-state index is 2.40. The third-order valence-electron chi connectivity index (χ3n) is 5.51. The van der Waals surface area contributed by atoms with Gasteiger partial charge in [-0.1, -0.05) is 129 Å². The van der Waals surface area contributed by atoms with E-state index in [-0.39, 0.29) is 0 Å². The molecule has 0 N–H and O–H groups in total. The van der Waals surface area contributed by atoms with Crippen LogP contribution in [0.3, 0.4) is 0 Å². The van der Waals surface area contributed by atoms with Crippen LogP contribution < -0.4 is 0 Å². The van der Waals surface area contributed by atoms with E-state index in [0.29, 0.717) is 0 Å². The van der Waals surface area contributed by atoms with Crippen molar-refractivity contribution < 1.29 is 0 Å². The SMILES string of the molecule is CC=CCCCCCCC(CC)CCCCCCCCCCCC. The van der Waals surface area contributed by atoms with Gasteiger partial charge in [0.2, 0.25) is 0 Å². The Hall–Kier alpha value is -0.260. The van der Waals surface area contributed by atoms with Gasteiger partial charge in [-0.2, -0.15) is 0 Å². The fourth-order valence-electron chi connectivity index (χ4n) is 3.69. The molecule has 1 unspecified atom stereocenters. The Kier molecular flexibility index (Phi) is 20.6. The van der Waals surface area contributed by atoms with Crippen molar-refractivity contribution in [1.29, 1.82) is 0 Å². The Morgan fingerprint density at radius 3 is 1.50 bits per heavy atom. The second kappa shape index (κ2) is 20.8. The van der Waals surface area contributed by atoms with Crippen LogP contribution in [0.15, 0.2) is 12.2 Å². The fourth-order valence-corrected chi connectivity index (χ4v) is 3.69. The molecule has 0 aliphatic carbocycles. The highest BCUT2D eigenvalue weighted by Crippen LogP contribution is 2.21. The molecule has 0 amide bonds. The third kappa shape index (κ3) is 18.1. The van der Waals surface area contributed by atoms with Crippen LogP contribution in [0, 0.1) is 5.92 Å². The lowest BCUT2D eigenvalue weighted by Gasteiger charge is -2.14. The summed E-state index contributed by atoms with van der Waals surface area (Å²) < 4.78 is 0. The van der Waals surface area contributed by atoms with Crippen LogP contribution in [0.5, 0.6) is 0 Å². The predicted molar refractivity (Wildman–Crippen MR) is 113 cm³/mol. The van der Waals surface area contributed by atoms with Crippen molar-refractivity contribution in [2.75, 3.05) is 0 Å². The van der Waals surface area contributed by atoms with Gasteiger partial charge in [0.1, 0.15) is 0 Å². The molecule has 0 aromatic rings. The molecule has 1 atom stereocenters. The maximum Gasteiger partial charge on any atom is -0.0351 e. The van der Waals surface area contributed by atoms with Crippen LogP contribution in [0.4, 0.5) is 0 Å². The first-order chi connectivity index (χ1) is 11.8. The number of allylic oxidation sites excluding steroid dienone is 2. The first-order valence-corrected chi connectivity index (χ1v) is 11.5. The summed E-state index contributed by atoms with van der Waals surface area (Å²) >= 11 is 0. The summed E-state index contributed by atoms with van der Waals surface area (Å²) in [5.74, 6) is 1.01. The van der Waals surface area contributed by atoms with E-state index in [2.05, 4.69) is 32.9 Å². The van der Waals surface area contributed by atoms with Crippen molar-refractivity contribution in [3.8, 4) is 0 Å². The summed E-state index contributed by atoms with van der Waals surface area (Å²) in [5.41, 5.74) is 0. The Bertz CT molecular complexity index is 240. The third-order valence-corrected chi connectivity index (χ3v) is 5.51. The van der Waals surface area contributed by atoms with E-state index in [0.717, 1.165) is 5.92 Å². The van der Waals surface area contributed by atoms with Crippen LogP contribution in [0.2, 0.25) is 0 Å². The largest absolute Gasteiger partial charge is 0.0917 e. The molecule has 0 aliphatic heterocycles. The van der Waals surface area contributed by atoms with E-state index in [4.69, 9.17) is 0 Å². The van der Waals surface area contributed by atoms with Crippen LogP contribution in [-0.4, -0.2) is 0 Å². The van der Waals surface area contributed by atoms with Crippen LogP contribution in [0.1, 0.15) is 136 Å². The van der Waals surface area contributed by atoms with Crippen molar-refractivity contribution >= 4 is 0 Å². The molecule has 0 aromatic heterocycles. The van der Waals surface area contributed by atoms with Gasteiger partial charge in [-0.15, -0.1) is 0 Å². The summed E-state index contributed by atoms with van der Waals surface area (Å²) in [6.07, 6.45) is 30.5. The van der Waals surface area contributed by atoms with Crippen LogP contribution >= 0.6 is 0 Å². The topological polar surface area (TPSA) is 0 Å². The standard InChI is InChI=1S/C24H48/c1-4-7-9-11-13-14-15-17-19-21-23-24(6-3)22-20-18-16-12-10-8-5-2/h5,8,24H,4,6-7,9-23H2,1-3H3. The summed E-state index contributed by atoms with van der Waals surface area (Å²) in [6, 6.07) is 0. The minimum absolute atomic E-state index is 1.01. The second-order valence-corrected chi connectivity index (χ2v) is 7.81. The quantitative estimate of drug-likeness (QED) is 0.163. The van der Waals surface area contributed by atoms with Crippen LogP contribution in [0.25, 0.3) is 0 Å². The number of rotatable bonds is 19. The Balaban J connectivity index is 3.30. The highest BCUT2D eigenvalue weighted by molar-refractivity contribution is 4.76. The summed E-state index contributed by atoms with van der Waals surface area (Å²) in [5, 5.41) is 0. The Morgan fingerprint density at radius 1 is 0.583 bits per heavy atom. The lowest BCUT2D eigenvalue weighted by Crippen LogP contribution is -1.99. The zero-order valence-electron chi connectivity index (χ0n) is 17.5. The lowest BCUT2D eigenvalue weighted by atomic mass is 9.92. The zero-order chi connectivity index (χ0) is 17.7. The van der Waals surface area contributed by atoms with Gasteiger partial charge in [0.25, 0.3) is 0 Å². The van der Waals surface area contributed by atoms with Crippen molar-refractivity contribution in [2.45, 2.75) is 136 Å². The predicted octanol–water partition coefficient (Wildman–Crippen LogP) is 9.24. The van der Waals surface area contributed by atoms with E-state index in [1.165, 1.54) is 116 Å². The lowest BCUT2D eigenvalue weighted by molar-refractivity contribution is 0.393. The normalized spacial score (nSPS) is 13.0. The first-order valence-electron chi connectivity index (χ1n) is 11.5. The molecular formula is C24H48. The van der Waals surface area contributed by atoms with E-state index in [1.807, 2.05) is 0 Å². The van der Waals surface area contributed by atoms with Crippen molar-refractivity contribution in [2.24, 2.45) is 5.92 Å². The second-order valence-electron chi connectivity index (χ2n) is 7.81. The molecule has 24 heavy (non-hydrogen) atoms. The van der Waals surface area contributed by atoms with E-state index in [1.54, 1.807) is 0 Å². The number of unbranched alkanes of at least 4 members (excludes halogenated alkanes) is 13. The molecule has 0 heteroatoms. The van der Waals surface area contributed by atoms with E-state index >= 15 is 0 Å². The molecule has 0 rings (SSSR count). The highest BCUT2D eigenvalue weighted by atomic mass is 14.1. The maximum atomic E-state index is 2.40. The number of hydrogen-bond donors (Lipinski definition) is 0. The molecular weight excluding hydrogens is 288 g/mol. The van der Waals surface area contributed by atoms with E-state index in [9.17, 15) is 0 Å². The molecule has 0 fully saturated rings. The molecule has 0 nitrogen and oxygen atoms in total. The molecule has 0 spiro atoms. The van der Waals surface area contributed by atoms with Gasteiger partial charge in [0, 0.05) is 0 Å². The smallest absolute Gasteiger partial charge is 0.0351 e. The van der Waals surface area contributed by atoms with Gasteiger partial charge in [-0.05, 0) is 25.7 Å². The minimum atomic E-state index is 1.01. The van der Waals surface area contributed by atoms with Crippen molar-refractivity contribution in [1.82, 2.24) is 0 Å². The molecule has 0 radical (unpaired) electrons. The van der Waals surface area contributed by atoms with Gasteiger partial charge >= 0.3 is 0 Å².